The summed E-state index contributed by atoms with van der Waals surface area (Å²) >= 11 is 12.3. The molecule has 0 fully saturated rings. The topological polar surface area (TPSA) is 112 Å². The second kappa shape index (κ2) is 10.8. The molecule has 36 heavy (non-hydrogen) atoms. The predicted octanol–water partition coefficient (Wildman–Crippen LogP) is 5.84. The van der Waals surface area contributed by atoms with E-state index in [2.05, 4.69) is 9.97 Å². The number of nitrogens with zero attached hydrogens (tertiary/aromatic N) is 2. The van der Waals surface area contributed by atoms with Crippen molar-refractivity contribution < 1.29 is 12.3 Å². The van der Waals surface area contributed by atoms with Crippen LogP contribution in [0.15, 0.2) is 71.6 Å². The van der Waals surface area contributed by atoms with Crippen molar-refractivity contribution in [1.82, 2.24) is 9.97 Å². The standard InChI is InChI=1S/C26H23Cl2FN4O2S/c27-21-12-11-19(15-22(21)28)24-23(32-26(31)33-25(24)30)13-10-17-6-4-16(5-7-17)8-9-18-2-1-3-20(14-18)36(29,34)35/h1-7,11-12,14-15H,8-10,13H2,(H4,30,31,32,33). The van der Waals surface area contributed by atoms with Crippen LogP contribution in [0.25, 0.3) is 11.1 Å². The molecule has 6 nitrogen and oxygen atoms in total. The highest BCUT2D eigenvalue weighted by molar-refractivity contribution is 7.86. The van der Waals surface area contributed by atoms with E-state index in [1.807, 2.05) is 30.3 Å². The van der Waals surface area contributed by atoms with E-state index in [0.717, 1.165) is 22.3 Å². The monoisotopic (exact) mass is 544 g/mol. The Morgan fingerprint density at radius 2 is 1.39 bits per heavy atom. The number of hydrogen-bond acceptors (Lipinski definition) is 6. The van der Waals surface area contributed by atoms with Crippen LogP contribution in [0.5, 0.6) is 0 Å². The Labute approximate surface area is 219 Å². The van der Waals surface area contributed by atoms with Gasteiger partial charge in [0, 0.05) is 5.56 Å². The van der Waals surface area contributed by atoms with E-state index in [-0.39, 0.29) is 16.7 Å². The summed E-state index contributed by atoms with van der Waals surface area (Å²) < 4.78 is 35.5. The van der Waals surface area contributed by atoms with Crippen LogP contribution < -0.4 is 11.5 Å². The molecule has 0 amide bonds. The molecule has 1 aromatic heterocycles. The van der Waals surface area contributed by atoms with Crippen molar-refractivity contribution >= 4 is 45.2 Å². The van der Waals surface area contributed by atoms with E-state index in [1.54, 1.807) is 24.3 Å². The predicted molar refractivity (Wildman–Crippen MR) is 142 cm³/mol. The molecule has 10 heteroatoms. The normalized spacial score (nSPS) is 11.5. The van der Waals surface area contributed by atoms with E-state index >= 15 is 0 Å². The number of rotatable bonds is 8. The fourth-order valence-electron chi connectivity index (χ4n) is 3.97. The van der Waals surface area contributed by atoms with E-state index < -0.39 is 10.2 Å². The van der Waals surface area contributed by atoms with Gasteiger partial charge in [0.15, 0.2) is 0 Å². The molecule has 0 saturated heterocycles. The minimum atomic E-state index is -4.71. The number of nitrogens with two attached hydrogens (primary N) is 2. The van der Waals surface area contributed by atoms with E-state index in [0.29, 0.717) is 47.0 Å². The molecule has 4 aromatic rings. The molecule has 0 radical (unpaired) electrons. The molecule has 186 valence electrons. The van der Waals surface area contributed by atoms with Gasteiger partial charge in [-0.3, -0.25) is 0 Å². The van der Waals surface area contributed by atoms with Crippen molar-refractivity contribution in [2.24, 2.45) is 0 Å². The SMILES string of the molecule is Nc1nc(N)c(-c2ccc(Cl)c(Cl)c2)c(CCc2ccc(CCc3cccc(S(=O)(=O)F)c3)cc2)n1. The van der Waals surface area contributed by atoms with Crippen LogP contribution in [0.1, 0.15) is 22.4 Å². The summed E-state index contributed by atoms with van der Waals surface area (Å²) in [4.78, 5) is 8.21. The number of aromatic nitrogens is 2. The van der Waals surface area contributed by atoms with E-state index in [4.69, 9.17) is 34.7 Å². The van der Waals surface area contributed by atoms with Crippen molar-refractivity contribution in [3.8, 4) is 11.1 Å². The zero-order valence-electron chi connectivity index (χ0n) is 19.1. The van der Waals surface area contributed by atoms with Crippen molar-refractivity contribution in [3.05, 3.63) is 99.2 Å². The molecule has 3 aromatic carbocycles. The first kappa shape index (κ1) is 25.9. The molecule has 0 bridgehead atoms. The van der Waals surface area contributed by atoms with Gasteiger partial charge in [0.1, 0.15) is 5.82 Å². The van der Waals surface area contributed by atoms with Crippen LogP contribution in [-0.2, 0) is 35.9 Å². The smallest absolute Gasteiger partial charge is 0.332 e. The first-order valence-electron chi connectivity index (χ1n) is 11.1. The van der Waals surface area contributed by atoms with Gasteiger partial charge in [-0.15, -0.1) is 3.89 Å². The summed E-state index contributed by atoms with van der Waals surface area (Å²) in [6, 6.07) is 19.3. The molecule has 0 unspecified atom stereocenters. The number of benzene rings is 3. The Morgan fingerprint density at radius 1 is 0.750 bits per heavy atom. The molecule has 4 N–H and O–H groups in total. The number of anilines is 2. The second-order valence-corrected chi connectivity index (χ2v) is 10.5. The molecule has 0 saturated carbocycles. The molecule has 0 aliphatic carbocycles. The third-order valence-electron chi connectivity index (χ3n) is 5.79. The van der Waals surface area contributed by atoms with Gasteiger partial charge in [-0.25, -0.2) is 4.98 Å². The Balaban J connectivity index is 1.45. The van der Waals surface area contributed by atoms with Crippen molar-refractivity contribution in [2.75, 3.05) is 11.5 Å². The van der Waals surface area contributed by atoms with Crippen molar-refractivity contribution in [3.63, 3.8) is 0 Å². The fraction of sp³-hybridized carbons (Fsp3) is 0.154. The number of hydrogen-bond donors (Lipinski definition) is 2. The molecular weight excluding hydrogens is 522 g/mol. The third kappa shape index (κ3) is 6.32. The lowest BCUT2D eigenvalue weighted by atomic mass is 9.98. The average Bonchev–Trinajstić information content (AvgIpc) is 2.83. The number of halogens is 3. The summed E-state index contributed by atoms with van der Waals surface area (Å²) in [5.74, 6) is 0.377. The highest BCUT2D eigenvalue weighted by Crippen LogP contribution is 2.33. The average molecular weight is 545 g/mol. The van der Waals surface area contributed by atoms with Gasteiger partial charge in [0.05, 0.1) is 20.6 Å². The molecule has 0 atom stereocenters. The van der Waals surface area contributed by atoms with Gasteiger partial charge in [-0.1, -0.05) is 65.7 Å². The molecule has 4 rings (SSSR count). The van der Waals surface area contributed by atoms with Gasteiger partial charge in [0.25, 0.3) is 0 Å². The number of nitrogen functional groups attached to an aromatic ring is 2. The van der Waals surface area contributed by atoms with Gasteiger partial charge in [-0.2, -0.15) is 13.4 Å². The van der Waals surface area contributed by atoms with E-state index in [1.165, 1.54) is 12.1 Å². The number of aryl methyl sites for hydroxylation is 4. The zero-order chi connectivity index (χ0) is 25.9. The van der Waals surface area contributed by atoms with E-state index in [9.17, 15) is 12.3 Å². The molecule has 1 heterocycles. The Bertz CT molecular complexity index is 1510. The van der Waals surface area contributed by atoms with Crippen LogP contribution in [0.4, 0.5) is 15.7 Å². The summed E-state index contributed by atoms with van der Waals surface area (Å²) in [7, 11) is -4.71. The second-order valence-electron chi connectivity index (χ2n) is 8.32. The Hall–Kier alpha value is -3.20. The Morgan fingerprint density at radius 3 is 2.03 bits per heavy atom. The van der Waals surface area contributed by atoms with Crippen molar-refractivity contribution in [1.29, 1.82) is 0 Å². The first-order chi connectivity index (χ1) is 17.1. The van der Waals surface area contributed by atoms with Gasteiger partial charge < -0.3 is 11.5 Å². The van der Waals surface area contributed by atoms with Crippen LogP contribution in [0.2, 0.25) is 10.0 Å². The largest absolute Gasteiger partial charge is 0.383 e. The van der Waals surface area contributed by atoms with Gasteiger partial charge in [0.2, 0.25) is 5.95 Å². The van der Waals surface area contributed by atoms with Crippen LogP contribution in [0, 0.1) is 0 Å². The summed E-state index contributed by atoms with van der Waals surface area (Å²) in [6.07, 6.45) is 2.56. The Kier molecular flexibility index (Phi) is 7.78. The van der Waals surface area contributed by atoms with Crippen LogP contribution >= 0.6 is 23.2 Å². The zero-order valence-corrected chi connectivity index (χ0v) is 21.4. The highest BCUT2D eigenvalue weighted by atomic mass is 35.5. The summed E-state index contributed by atoms with van der Waals surface area (Å²) in [5, 5.41) is 0.849. The van der Waals surface area contributed by atoms with Crippen LogP contribution in [0.3, 0.4) is 0 Å². The maximum Gasteiger partial charge on any atom is 0.332 e. The van der Waals surface area contributed by atoms with Crippen LogP contribution in [-0.4, -0.2) is 18.4 Å². The summed E-state index contributed by atoms with van der Waals surface area (Å²) in [5.41, 5.74) is 17.1. The quantitative estimate of drug-likeness (QED) is 0.269. The van der Waals surface area contributed by atoms with Gasteiger partial charge in [-0.05, 0) is 72.2 Å². The highest BCUT2D eigenvalue weighted by Gasteiger charge is 2.15. The first-order valence-corrected chi connectivity index (χ1v) is 13.2. The lowest BCUT2D eigenvalue weighted by molar-refractivity contribution is 0.552. The molecule has 0 aliphatic heterocycles. The molecule has 0 spiro atoms. The van der Waals surface area contributed by atoms with Crippen molar-refractivity contribution in [2.45, 2.75) is 30.6 Å². The summed E-state index contributed by atoms with van der Waals surface area (Å²) in [6.45, 7) is 0. The third-order valence-corrected chi connectivity index (χ3v) is 7.35. The lowest BCUT2D eigenvalue weighted by Gasteiger charge is -2.13. The maximum absolute atomic E-state index is 13.2. The maximum atomic E-state index is 13.2. The minimum absolute atomic E-state index is 0.103. The fourth-order valence-corrected chi connectivity index (χ4v) is 4.80. The molecule has 0 aliphatic rings. The minimum Gasteiger partial charge on any atom is -0.383 e. The van der Waals surface area contributed by atoms with Gasteiger partial charge >= 0.3 is 10.2 Å². The lowest BCUT2D eigenvalue weighted by Crippen LogP contribution is -2.08. The molecular formula is C26H23Cl2FN4O2S.